The van der Waals surface area contributed by atoms with Gasteiger partial charge in [0.25, 0.3) is 11.9 Å². The van der Waals surface area contributed by atoms with E-state index in [1.807, 2.05) is 25.6 Å². The molecule has 1 fully saturated rings. The number of aryl methyl sites for hydroxylation is 2. The van der Waals surface area contributed by atoms with Crippen LogP contribution < -0.4 is 0 Å². The number of hydrogen-bond donors (Lipinski definition) is 0. The van der Waals surface area contributed by atoms with Crippen LogP contribution in [0.5, 0.6) is 0 Å². The van der Waals surface area contributed by atoms with Crippen LogP contribution in [0, 0.1) is 24.8 Å². The van der Waals surface area contributed by atoms with Crippen molar-refractivity contribution in [3.63, 3.8) is 0 Å². The topological polar surface area (TPSA) is 78.2 Å². The summed E-state index contributed by atoms with van der Waals surface area (Å²) in [4.78, 5) is 20.8. The first-order chi connectivity index (χ1) is 12.2. The number of rotatable bonds is 1. The van der Waals surface area contributed by atoms with Gasteiger partial charge in [0.1, 0.15) is 5.69 Å². The van der Waals surface area contributed by atoms with Crippen LogP contribution in [0.3, 0.4) is 0 Å². The maximum absolute atomic E-state index is 12.8. The lowest BCUT2D eigenvalue weighted by Crippen LogP contribution is -2.56. The van der Waals surface area contributed by atoms with Crippen molar-refractivity contribution in [2.75, 3.05) is 0 Å². The Morgan fingerprint density at radius 3 is 2.69 bits per heavy atom. The third kappa shape index (κ3) is 2.05. The normalized spacial score (nSPS) is 29.8. The minimum atomic E-state index is -0.603. The molecule has 2 aliphatic rings. The van der Waals surface area contributed by atoms with Gasteiger partial charge in [0, 0.05) is 29.9 Å². The van der Waals surface area contributed by atoms with Crippen molar-refractivity contribution in [2.24, 2.45) is 18.4 Å². The van der Waals surface area contributed by atoms with Crippen LogP contribution in [-0.4, -0.2) is 31.7 Å². The molecule has 2 aromatic heterocycles. The molecule has 2 aromatic rings. The highest BCUT2D eigenvalue weighted by Gasteiger charge is 2.61. The Labute approximate surface area is 152 Å². The zero-order valence-electron chi connectivity index (χ0n) is 15.8. The average Bonchev–Trinajstić information content (AvgIpc) is 3.14. The largest absolute Gasteiger partial charge is 0.332 e. The lowest BCUT2D eigenvalue weighted by Gasteiger charge is -2.51. The fourth-order valence-electron chi connectivity index (χ4n) is 5.29. The molecule has 4 rings (SSSR count). The molecule has 0 aliphatic heterocycles. The van der Waals surface area contributed by atoms with Gasteiger partial charge in [-0.05, 0) is 25.7 Å². The molecule has 1 saturated carbocycles. The van der Waals surface area contributed by atoms with E-state index in [0.717, 1.165) is 29.8 Å². The third-order valence-electron chi connectivity index (χ3n) is 6.45. The van der Waals surface area contributed by atoms with Gasteiger partial charge in [-0.3, -0.25) is 9.48 Å². The van der Waals surface area contributed by atoms with E-state index in [1.165, 1.54) is 0 Å². The van der Waals surface area contributed by atoms with E-state index in [4.69, 9.17) is 16.2 Å². The molecular formula is C19H23N5O2. The first-order valence-electron chi connectivity index (χ1n) is 8.98. The van der Waals surface area contributed by atoms with Gasteiger partial charge in [-0.2, -0.15) is 10.1 Å². The predicted molar refractivity (Wildman–Crippen MR) is 94.2 cm³/mol. The molecule has 3 atom stereocenters. The number of carbonyl (C=O) groups excluding carboxylic acids is 1. The molecule has 0 bridgehead atoms. The SMILES string of the molecule is [C-]#[N+]C1C[C@]2(C)c3nn(C)c(-c4nc(C)no4)c3CC[C@H]2C(C)(C)C1=O. The first-order valence-corrected chi connectivity index (χ1v) is 8.98. The highest BCUT2D eigenvalue weighted by molar-refractivity contribution is 5.92. The third-order valence-corrected chi connectivity index (χ3v) is 6.45. The van der Waals surface area contributed by atoms with Gasteiger partial charge >= 0.3 is 0 Å². The lowest BCUT2D eigenvalue weighted by molar-refractivity contribution is -0.137. The number of nitrogens with zero attached hydrogens (tertiary/aromatic N) is 5. The van der Waals surface area contributed by atoms with E-state index >= 15 is 0 Å². The van der Waals surface area contributed by atoms with Crippen LogP contribution in [0.2, 0.25) is 0 Å². The zero-order chi connectivity index (χ0) is 18.9. The van der Waals surface area contributed by atoms with Crippen LogP contribution in [0.4, 0.5) is 0 Å². The Morgan fingerprint density at radius 1 is 1.35 bits per heavy atom. The summed E-state index contributed by atoms with van der Waals surface area (Å²) in [6, 6.07) is -0.603. The summed E-state index contributed by atoms with van der Waals surface area (Å²) in [5.41, 5.74) is 2.11. The molecule has 0 spiro atoms. The molecule has 2 heterocycles. The molecule has 136 valence electrons. The quantitative estimate of drug-likeness (QED) is 0.737. The minimum Gasteiger partial charge on any atom is -0.332 e. The molecule has 7 heteroatoms. The van der Waals surface area contributed by atoms with Crippen LogP contribution in [0.25, 0.3) is 16.4 Å². The van der Waals surface area contributed by atoms with E-state index in [0.29, 0.717) is 18.1 Å². The van der Waals surface area contributed by atoms with Crippen LogP contribution in [-0.2, 0) is 23.7 Å². The number of carbonyl (C=O) groups is 1. The molecule has 0 aromatic carbocycles. The highest BCUT2D eigenvalue weighted by atomic mass is 16.5. The summed E-state index contributed by atoms with van der Waals surface area (Å²) in [6.07, 6.45) is 2.23. The molecule has 0 radical (unpaired) electrons. The second kappa shape index (κ2) is 5.26. The summed E-state index contributed by atoms with van der Waals surface area (Å²) in [5.74, 6) is 1.31. The fourth-order valence-corrected chi connectivity index (χ4v) is 5.29. The number of hydrogen-bond acceptors (Lipinski definition) is 5. The smallest absolute Gasteiger partial charge is 0.282 e. The van der Waals surface area contributed by atoms with Crippen LogP contribution >= 0.6 is 0 Å². The van der Waals surface area contributed by atoms with E-state index < -0.39 is 11.5 Å². The molecular weight excluding hydrogens is 330 g/mol. The second-order valence-electron chi connectivity index (χ2n) is 8.39. The van der Waals surface area contributed by atoms with Gasteiger partial charge in [0.05, 0.1) is 5.69 Å². The van der Waals surface area contributed by atoms with E-state index in [2.05, 4.69) is 21.9 Å². The molecule has 2 aliphatic carbocycles. The highest BCUT2D eigenvalue weighted by Crippen LogP contribution is 2.56. The molecule has 0 saturated heterocycles. The lowest BCUT2D eigenvalue weighted by atomic mass is 9.50. The number of fused-ring (bicyclic) bond motifs is 3. The minimum absolute atomic E-state index is 0.0714. The maximum Gasteiger partial charge on any atom is 0.282 e. The van der Waals surface area contributed by atoms with Crippen molar-refractivity contribution >= 4 is 5.78 Å². The van der Waals surface area contributed by atoms with Crippen molar-refractivity contribution in [1.82, 2.24) is 19.9 Å². The number of aromatic nitrogens is 4. The zero-order valence-corrected chi connectivity index (χ0v) is 15.8. The Balaban J connectivity index is 1.89. The van der Waals surface area contributed by atoms with Gasteiger partial charge in [-0.1, -0.05) is 25.9 Å². The summed E-state index contributed by atoms with van der Waals surface area (Å²) in [5, 5.41) is 8.74. The molecule has 1 unspecified atom stereocenters. The van der Waals surface area contributed by atoms with Gasteiger partial charge < -0.3 is 9.37 Å². The summed E-state index contributed by atoms with van der Waals surface area (Å²) in [7, 11) is 1.89. The van der Waals surface area contributed by atoms with Crippen molar-refractivity contribution in [1.29, 1.82) is 0 Å². The summed E-state index contributed by atoms with van der Waals surface area (Å²) < 4.78 is 7.21. The van der Waals surface area contributed by atoms with Crippen molar-refractivity contribution < 1.29 is 9.32 Å². The number of Topliss-reactive ketones (excluding diaryl/α,β-unsaturated/α-hetero) is 1. The molecule has 7 nitrogen and oxygen atoms in total. The van der Waals surface area contributed by atoms with Gasteiger partial charge in [-0.15, -0.1) is 0 Å². The standard InChI is InChI=1S/C19H23N5O2/c1-10-21-17(26-23-10)14-11-7-8-13-18(2,3)16(25)12(20-5)9-19(13,4)15(11)22-24(14)6/h12-13H,7-9H2,1-4,6H3/t12?,13-,19-/m0/s1. The molecule has 0 amide bonds. The molecule has 0 N–H and O–H groups in total. The Bertz CT molecular complexity index is 948. The van der Waals surface area contributed by atoms with E-state index in [1.54, 1.807) is 6.92 Å². The second-order valence-corrected chi connectivity index (χ2v) is 8.39. The Hall–Kier alpha value is -2.49. The Morgan fingerprint density at radius 2 is 2.08 bits per heavy atom. The average molecular weight is 353 g/mol. The van der Waals surface area contributed by atoms with Gasteiger partial charge in [-0.25, -0.2) is 6.57 Å². The number of ketones is 1. The summed E-state index contributed by atoms with van der Waals surface area (Å²) in [6.45, 7) is 15.5. The van der Waals surface area contributed by atoms with E-state index in [9.17, 15) is 4.79 Å². The first kappa shape index (κ1) is 17.0. The van der Waals surface area contributed by atoms with Gasteiger partial charge in [0.2, 0.25) is 5.78 Å². The molecule has 26 heavy (non-hydrogen) atoms. The van der Waals surface area contributed by atoms with Crippen molar-refractivity contribution in [2.45, 2.75) is 58.4 Å². The Kier molecular flexibility index (Phi) is 3.43. The fraction of sp³-hybridized carbons (Fsp3) is 0.632. The van der Waals surface area contributed by atoms with Crippen molar-refractivity contribution in [3.05, 3.63) is 28.5 Å². The maximum atomic E-state index is 12.8. The predicted octanol–water partition coefficient (Wildman–Crippen LogP) is 2.89. The van der Waals surface area contributed by atoms with Crippen LogP contribution in [0.1, 0.15) is 50.7 Å². The van der Waals surface area contributed by atoms with Crippen molar-refractivity contribution in [3.8, 4) is 11.6 Å². The van der Waals surface area contributed by atoms with Crippen LogP contribution in [0.15, 0.2) is 4.52 Å². The van der Waals surface area contributed by atoms with E-state index in [-0.39, 0.29) is 17.1 Å². The monoisotopic (exact) mass is 353 g/mol. The summed E-state index contributed by atoms with van der Waals surface area (Å²) >= 11 is 0. The van der Waals surface area contributed by atoms with Gasteiger partial charge in [0.15, 0.2) is 5.82 Å².